The molecular weight excluding hydrogens is 400 g/mol. The molecule has 0 amide bonds. The number of ether oxygens (including phenoxy) is 2. The second kappa shape index (κ2) is 7.96. The first-order chi connectivity index (χ1) is 13.9. The van der Waals surface area contributed by atoms with Crippen molar-refractivity contribution in [1.82, 2.24) is 4.98 Å². The topological polar surface area (TPSA) is 101 Å². The Hall–Kier alpha value is -2.71. The molecule has 4 rings (SSSR count). The SMILES string of the molecule is Cc1ncc2c(c1OC(=O)[C@@H]1CC[C@@H](O[N+](=O)[O-])C1)COC2c1ccc(Cl)cc1. The Kier molecular flexibility index (Phi) is 5.38. The lowest BCUT2D eigenvalue weighted by Gasteiger charge is -2.15. The lowest BCUT2D eigenvalue weighted by molar-refractivity contribution is -0.768. The maximum Gasteiger partial charge on any atom is 0.314 e. The second-order valence-electron chi connectivity index (χ2n) is 7.23. The molecule has 0 N–H and O–H groups in total. The van der Waals surface area contributed by atoms with Gasteiger partial charge in [0.25, 0.3) is 5.09 Å². The number of halogens is 1. The molecule has 3 atom stereocenters. The lowest BCUT2D eigenvalue weighted by atomic mass is 10.00. The highest BCUT2D eigenvalue weighted by Gasteiger charge is 2.35. The van der Waals surface area contributed by atoms with Crippen molar-refractivity contribution in [2.24, 2.45) is 5.92 Å². The van der Waals surface area contributed by atoms with Crippen molar-refractivity contribution in [3.05, 3.63) is 68.0 Å². The van der Waals surface area contributed by atoms with Gasteiger partial charge in [0.05, 0.1) is 18.2 Å². The van der Waals surface area contributed by atoms with E-state index in [4.69, 9.17) is 21.1 Å². The molecule has 9 heteroatoms. The Morgan fingerprint density at radius 3 is 2.79 bits per heavy atom. The third-order valence-electron chi connectivity index (χ3n) is 5.35. The molecule has 2 aromatic rings. The summed E-state index contributed by atoms with van der Waals surface area (Å²) in [6.07, 6.45) is 2.07. The summed E-state index contributed by atoms with van der Waals surface area (Å²) >= 11 is 5.97. The minimum atomic E-state index is -0.815. The van der Waals surface area contributed by atoms with Crippen LogP contribution in [-0.4, -0.2) is 22.1 Å². The van der Waals surface area contributed by atoms with Gasteiger partial charge in [0.1, 0.15) is 12.2 Å². The minimum absolute atomic E-state index is 0.269. The first-order valence-corrected chi connectivity index (χ1v) is 9.68. The minimum Gasteiger partial charge on any atom is -0.424 e. The number of carbonyl (C=O) groups excluding carboxylic acids is 1. The number of hydrogen-bond donors (Lipinski definition) is 0. The summed E-state index contributed by atoms with van der Waals surface area (Å²) in [4.78, 5) is 32.1. The van der Waals surface area contributed by atoms with Gasteiger partial charge < -0.3 is 14.3 Å². The summed E-state index contributed by atoms with van der Waals surface area (Å²) in [7, 11) is 0. The number of fused-ring (bicyclic) bond motifs is 1. The van der Waals surface area contributed by atoms with Crippen LogP contribution in [0.25, 0.3) is 0 Å². The van der Waals surface area contributed by atoms with E-state index in [-0.39, 0.29) is 12.5 Å². The number of aromatic nitrogens is 1. The average Bonchev–Trinajstić information content (AvgIpc) is 3.31. The Morgan fingerprint density at radius 2 is 2.07 bits per heavy atom. The molecule has 0 saturated heterocycles. The summed E-state index contributed by atoms with van der Waals surface area (Å²) in [6, 6.07) is 7.37. The Labute approximate surface area is 171 Å². The van der Waals surface area contributed by atoms with E-state index in [0.717, 1.165) is 16.7 Å². The van der Waals surface area contributed by atoms with E-state index in [9.17, 15) is 14.9 Å². The van der Waals surface area contributed by atoms with Crippen LogP contribution in [0.5, 0.6) is 5.75 Å². The molecule has 1 aliphatic heterocycles. The third-order valence-corrected chi connectivity index (χ3v) is 5.61. The standard InChI is InChI=1S/C20H19ClN2O6/c1-11-18(28-20(24)13-4-7-15(8-13)29-23(25)26)17-10-27-19(16(17)9-22-11)12-2-5-14(21)6-3-12/h2-3,5-6,9,13,15,19H,4,7-8,10H2,1H3/t13-,15-,19?/m1/s1. The van der Waals surface area contributed by atoms with Crippen molar-refractivity contribution in [2.75, 3.05) is 0 Å². The summed E-state index contributed by atoms with van der Waals surface area (Å²) < 4.78 is 11.6. The van der Waals surface area contributed by atoms with Crippen LogP contribution in [-0.2, 0) is 21.0 Å². The molecule has 2 heterocycles. The number of esters is 1. The van der Waals surface area contributed by atoms with Crippen LogP contribution in [0, 0.1) is 23.0 Å². The predicted molar refractivity (Wildman–Crippen MR) is 102 cm³/mol. The smallest absolute Gasteiger partial charge is 0.314 e. The lowest BCUT2D eigenvalue weighted by Crippen LogP contribution is -2.21. The fourth-order valence-electron chi connectivity index (χ4n) is 3.89. The van der Waals surface area contributed by atoms with Crippen LogP contribution in [0.4, 0.5) is 0 Å². The molecule has 1 fully saturated rings. The molecule has 1 aromatic carbocycles. The molecule has 152 valence electrons. The van der Waals surface area contributed by atoms with Gasteiger partial charge in [0, 0.05) is 22.3 Å². The number of pyridine rings is 1. The second-order valence-corrected chi connectivity index (χ2v) is 7.67. The van der Waals surface area contributed by atoms with Crippen LogP contribution in [0.3, 0.4) is 0 Å². The first-order valence-electron chi connectivity index (χ1n) is 9.30. The Bertz CT molecular complexity index is 949. The van der Waals surface area contributed by atoms with E-state index in [0.29, 0.717) is 35.9 Å². The number of benzene rings is 1. The van der Waals surface area contributed by atoms with E-state index in [1.54, 1.807) is 25.3 Å². The molecule has 29 heavy (non-hydrogen) atoms. The summed E-state index contributed by atoms with van der Waals surface area (Å²) in [5.74, 6) is -0.458. The fraction of sp³-hybridized carbons (Fsp3) is 0.400. The van der Waals surface area contributed by atoms with E-state index in [1.165, 1.54) is 0 Å². The quantitative estimate of drug-likeness (QED) is 0.411. The van der Waals surface area contributed by atoms with Crippen molar-refractivity contribution >= 4 is 17.6 Å². The highest BCUT2D eigenvalue weighted by molar-refractivity contribution is 6.30. The largest absolute Gasteiger partial charge is 0.424 e. The monoisotopic (exact) mass is 418 g/mol. The number of aryl methyl sites for hydroxylation is 1. The van der Waals surface area contributed by atoms with Gasteiger partial charge in [-0.25, -0.2) is 0 Å². The van der Waals surface area contributed by atoms with Crippen LogP contribution >= 0.6 is 11.6 Å². The summed E-state index contributed by atoms with van der Waals surface area (Å²) in [6.45, 7) is 2.07. The van der Waals surface area contributed by atoms with Crippen molar-refractivity contribution < 1.29 is 24.2 Å². The fourth-order valence-corrected chi connectivity index (χ4v) is 4.01. The van der Waals surface area contributed by atoms with Gasteiger partial charge in [0.15, 0.2) is 5.75 Å². The number of rotatable bonds is 5. The van der Waals surface area contributed by atoms with Gasteiger partial charge in [-0.05, 0) is 43.9 Å². The molecule has 1 aromatic heterocycles. The van der Waals surface area contributed by atoms with Gasteiger partial charge in [-0.3, -0.25) is 9.78 Å². The highest BCUT2D eigenvalue weighted by Crippen LogP contribution is 2.41. The zero-order chi connectivity index (χ0) is 20.5. The van der Waals surface area contributed by atoms with Gasteiger partial charge in [-0.2, -0.15) is 0 Å². The molecular formula is C20H19ClN2O6. The summed E-state index contributed by atoms with van der Waals surface area (Å²) in [5, 5.41) is 10.3. The molecule has 8 nitrogen and oxygen atoms in total. The van der Waals surface area contributed by atoms with E-state index in [1.807, 2.05) is 12.1 Å². The van der Waals surface area contributed by atoms with E-state index in [2.05, 4.69) is 9.82 Å². The average molecular weight is 419 g/mol. The Balaban J connectivity index is 1.53. The van der Waals surface area contributed by atoms with Crippen molar-refractivity contribution in [1.29, 1.82) is 0 Å². The molecule has 0 radical (unpaired) electrons. The van der Waals surface area contributed by atoms with Crippen LogP contribution in [0.1, 0.15) is 47.8 Å². The molecule has 1 unspecified atom stereocenters. The zero-order valence-corrected chi connectivity index (χ0v) is 16.4. The molecule has 1 aliphatic carbocycles. The normalized spacial score (nSPS) is 22.9. The van der Waals surface area contributed by atoms with Crippen molar-refractivity contribution in [3.63, 3.8) is 0 Å². The van der Waals surface area contributed by atoms with E-state index >= 15 is 0 Å². The molecule has 2 aliphatic rings. The zero-order valence-electron chi connectivity index (χ0n) is 15.7. The summed E-state index contributed by atoms with van der Waals surface area (Å²) in [5.41, 5.74) is 3.17. The molecule has 0 bridgehead atoms. The molecule has 1 saturated carbocycles. The van der Waals surface area contributed by atoms with Crippen molar-refractivity contribution in [2.45, 2.75) is 45.0 Å². The van der Waals surface area contributed by atoms with Crippen LogP contribution < -0.4 is 4.74 Å². The third kappa shape index (κ3) is 4.04. The van der Waals surface area contributed by atoms with Gasteiger partial charge in [0.2, 0.25) is 0 Å². The van der Waals surface area contributed by atoms with Gasteiger partial charge in [-0.15, -0.1) is 10.1 Å². The maximum absolute atomic E-state index is 12.7. The number of nitrogens with zero attached hydrogens (tertiary/aromatic N) is 2. The molecule has 0 spiro atoms. The highest BCUT2D eigenvalue weighted by atomic mass is 35.5. The van der Waals surface area contributed by atoms with E-state index < -0.39 is 23.1 Å². The number of hydrogen-bond acceptors (Lipinski definition) is 7. The number of carbonyl (C=O) groups is 1. The van der Waals surface area contributed by atoms with Crippen LogP contribution in [0.2, 0.25) is 5.02 Å². The Morgan fingerprint density at radius 1 is 1.31 bits per heavy atom. The predicted octanol–water partition coefficient (Wildman–Crippen LogP) is 3.95. The van der Waals surface area contributed by atoms with Crippen molar-refractivity contribution in [3.8, 4) is 5.75 Å². The van der Waals surface area contributed by atoms with Gasteiger partial charge in [-0.1, -0.05) is 23.7 Å². The first kappa shape index (κ1) is 19.6. The maximum atomic E-state index is 12.7. The van der Waals surface area contributed by atoms with Gasteiger partial charge >= 0.3 is 5.97 Å². The van der Waals surface area contributed by atoms with Crippen LogP contribution in [0.15, 0.2) is 30.5 Å².